The molecule has 7 nitrogen and oxygen atoms in total. The van der Waals surface area contributed by atoms with Gasteiger partial charge in [0.25, 0.3) is 5.91 Å². The van der Waals surface area contributed by atoms with E-state index in [0.29, 0.717) is 18.1 Å². The lowest BCUT2D eigenvalue weighted by atomic mass is 10.1. The fourth-order valence-electron chi connectivity index (χ4n) is 4.19. The molecule has 0 saturated heterocycles. The van der Waals surface area contributed by atoms with Crippen LogP contribution >= 0.6 is 0 Å². The molecule has 1 aliphatic heterocycles. The number of aryl methyl sites for hydroxylation is 1. The number of primary amides is 1. The minimum atomic E-state index is -0.467. The first kappa shape index (κ1) is 19.1. The summed E-state index contributed by atoms with van der Waals surface area (Å²) in [6.45, 7) is 3.58. The molecule has 0 atom stereocenters. The molecule has 156 valence electrons. The molecule has 0 radical (unpaired) electrons. The molecule has 31 heavy (non-hydrogen) atoms. The molecule has 0 bridgehead atoms. The van der Waals surface area contributed by atoms with Gasteiger partial charge in [-0.3, -0.25) is 4.79 Å². The van der Waals surface area contributed by atoms with Crippen LogP contribution in [0.25, 0.3) is 16.9 Å². The van der Waals surface area contributed by atoms with E-state index in [1.165, 1.54) is 5.56 Å². The maximum absolute atomic E-state index is 11.9. The van der Waals surface area contributed by atoms with Crippen LogP contribution in [-0.4, -0.2) is 26.8 Å². The lowest BCUT2D eigenvalue weighted by Gasteiger charge is -2.21. The number of nitrogens with two attached hydrogens (primary N) is 1. The van der Waals surface area contributed by atoms with Gasteiger partial charge in [0.05, 0.1) is 5.52 Å². The SMILES string of the molecule is Cc1cn2c(C(N)=O)cccc2c1-c1nc2c(c(NCc3ccccc3)n1)CCCN2. The lowest BCUT2D eigenvalue weighted by Crippen LogP contribution is -2.17. The van der Waals surface area contributed by atoms with Gasteiger partial charge < -0.3 is 20.8 Å². The van der Waals surface area contributed by atoms with E-state index in [9.17, 15) is 4.79 Å². The lowest BCUT2D eigenvalue weighted by molar-refractivity contribution is 0.0994. The average molecular weight is 412 g/mol. The van der Waals surface area contributed by atoms with Crippen LogP contribution in [0.2, 0.25) is 0 Å². The van der Waals surface area contributed by atoms with Gasteiger partial charge in [0, 0.05) is 30.4 Å². The molecule has 1 aromatic carbocycles. The molecule has 0 saturated carbocycles. The number of hydrogen-bond acceptors (Lipinski definition) is 5. The predicted molar refractivity (Wildman–Crippen MR) is 122 cm³/mol. The summed E-state index contributed by atoms with van der Waals surface area (Å²) in [4.78, 5) is 21.7. The Labute approximate surface area is 180 Å². The highest BCUT2D eigenvalue weighted by molar-refractivity contribution is 5.94. The third-order valence-corrected chi connectivity index (χ3v) is 5.68. The monoisotopic (exact) mass is 412 g/mol. The van der Waals surface area contributed by atoms with Gasteiger partial charge in [-0.15, -0.1) is 0 Å². The number of amides is 1. The number of benzene rings is 1. The summed E-state index contributed by atoms with van der Waals surface area (Å²) < 4.78 is 1.82. The molecular formula is C24H24N6O. The third kappa shape index (κ3) is 3.48. The number of aromatic nitrogens is 3. The molecule has 0 unspecified atom stereocenters. The summed E-state index contributed by atoms with van der Waals surface area (Å²) in [5.74, 6) is 1.88. The van der Waals surface area contributed by atoms with E-state index >= 15 is 0 Å². The summed E-state index contributed by atoms with van der Waals surface area (Å²) in [7, 11) is 0. The van der Waals surface area contributed by atoms with E-state index in [-0.39, 0.29) is 0 Å². The molecule has 4 N–H and O–H groups in total. The fourth-order valence-corrected chi connectivity index (χ4v) is 4.19. The van der Waals surface area contributed by atoms with Crippen molar-refractivity contribution in [3.05, 3.63) is 77.1 Å². The Kier molecular flexibility index (Phi) is 4.78. The van der Waals surface area contributed by atoms with Crippen LogP contribution in [0, 0.1) is 6.92 Å². The van der Waals surface area contributed by atoms with E-state index in [1.54, 1.807) is 6.07 Å². The standard InChI is InChI=1S/C24H24N6O/c1-15-14-30-18(10-5-11-19(30)21(25)31)20(15)24-28-22-17(9-6-12-26-22)23(29-24)27-13-16-7-3-2-4-8-16/h2-5,7-8,10-11,14H,6,9,12-13H2,1H3,(H2,25,31)(H2,26,27,28,29). The maximum atomic E-state index is 11.9. The van der Waals surface area contributed by atoms with E-state index in [4.69, 9.17) is 15.7 Å². The molecule has 4 heterocycles. The molecule has 1 amide bonds. The van der Waals surface area contributed by atoms with E-state index in [0.717, 1.165) is 53.2 Å². The smallest absolute Gasteiger partial charge is 0.265 e. The molecule has 0 aliphatic carbocycles. The van der Waals surface area contributed by atoms with Crippen molar-refractivity contribution in [1.29, 1.82) is 0 Å². The minimum Gasteiger partial charge on any atom is -0.370 e. The number of fused-ring (bicyclic) bond motifs is 2. The van der Waals surface area contributed by atoms with Crippen LogP contribution in [-0.2, 0) is 13.0 Å². The highest BCUT2D eigenvalue weighted by atomic mass is 16.1. The number of hydrogen-bond donors (Lipinski definition) is 3. The second-order valence-corrected chi connectivity index (χ2v) is 7.81. The quantitative estimate of drug-likeness (QED) is 0.464. The number of pyridine rings is 1. The van der Waals surface area contributed by atoms with Gasteiger partial charge in [0.2, 0.25) is 0 Å². The summed E-state index contributed by atoms with van der Waals surface area (Å²) in [6, 6.07) is 15.8. The van der Waals surface area contributed by atoms with Crippen molar-refractivity contribution in [2.24, 2.45) is 5.73 Å². The zero-order valence-electron chi connectivity index (χ0n) is 17.4. The Morgan fingerprint density at radius 1 is 1.16 bits per heavy atom. The van der Waals surface area contributed by atoms with Gasteiger partial charge in [0.1, 0.15) is 17.3 Å². The Balaban J connectivity index is 1.62. The van der Waals surface area contributed by atoms with Crippen LogP contribution < -0.4 is 16.4 Å². The first-order chi connectivity index (χ1) is 15.1. The van der Waals surface area contributed by atoms with Gasteiger partial charge >= 0.3 is 0 Å². The van der Waals surface area contributed by atoms with Crippen LogP contribution in [0.4, 0.5) is 11.6 Å². The van der Waals surface area contributed by atoms with Crippen molar-refractivity contribution < 1.29 is 4.79 Å². The number of rotatable bonds is 5. The molecule has 1 aliphatic rings. The van der Waals surface area contributed by atoms with Gasteiger partial charge in [-0.25, -0.2) is 9.97 Å². The molecule has 0 spiro atoms. The molecule has 0 fully saturated rings. The number of carbonyl (C=O) groups is 1. The van der Waals surface area contributed by atoms with Crippen molar-refractivity contribution in [2.75, 3.05) is 17.2 Å². The number of carbonyl (C=O) groups excluding carboxylic acids is 1. The van der Waals surface area contributed by atoms with Crippen molar-refractivity contribution in [2.45, 2.75) is 26.3 Å². The van der Waals surface area contributed by atoms with Crippen molar-refractivity contribution in [1.82, 2.24) is 14.4 Å². The van der Waals surface area contributed by atoms with Crippen LogP contribution in [0.15, 0.2) is 54.7 Å². The Morgan fingerprint density at radius 2 is 2.00 bits per heavy atom. The summed E-state index contributed by atoms with van der Waals surface area (Å²) in [6.07, 6.45) is 3.89. The van der Waals surface area contributed by atoms with Gasteiger partial charge in [-0.2, -0.15) is 0 Å². The number of nitrogens with zero attached hydrogens (tertiary/aromatic N) is 3. The molecular weight excluding hydrogens is 388 g/mol. The third-order valence-electron chi connectivity index (χ3n) is 5.68. The number of nitrogens with one attached hydrogen (secondary N) is 2. The van der Waals surface area contributed by atoms with Crippen molar-refractivity contribution in [3.8, 4) is 11.4 Å². The molecule has 5 rings (SSSR count). The predicted octanol–water partition coefficient (Wildman–Crippen LogP) is 3.77. The highest BCUT2D eigenvalue weighted by Gasteiger charge is 2.22. The van der Waals surface area contributed by atoms with E-state index in [2.05, 4.69) is 22.8 Å². The highest BCUT2D eigenvalue weighted by Crippen LogP contribution is 2.34. The second kappa shape index (κ2) is 7.75. The van der Waals surface area contributed by atoms with Crippen LogP contribution in [0.3, 0.4) is 0 Å². The van der Waals surface area contributed by atoms with Crippen LogP contribution in [0.5, 0.6) is 0 Å². The maximum Gasteiger partial charge on any atom is 0.265 e. The normalized spacial score (nSPS) is 12.9. The Bertz CT molecular complexity index is 1280. The largest absolute Gasteiger partial charge is 0.370 e. The summed E-state index contributed by atoms with van der Waals surface area (Å²) in [5.41, 5.74) is 11.1. The van der Waals surface area contributed by atoms with E-state index < -0.39 is 5.91 Å². The molecule has 7 heteroatoms. The second-order valence-electron chi connectivity index (χ2n) is 7.81. The zero-order valence-corrected chi connectivity index (χ0v) is 17.4. The fraction of sp³-hybridized carbons (Fsp3) is 0.208. The topological polar surface area (TPSA) is 97.3 Å². The van der Waals surface area contributed by atoms with Crippen LogP contribution in [0.1, 0.15) is 33.6 Å². The number of anilines is 2. The van der Waals surface area contributed by atoms with Crippen molar-refractivity contribution in [3.63, 3.8) is 0 Å². The van der Waals surface area contributed by atoms with Gasteiger partial charge in [-0.05, 0) is 43.0 Å². The van der Waals surface area contributed by atoms with Crippen molar-refractivity contribution >= 4 is 23.1 Å². The summed E-state index contributed by atoms with van der Waals surface area (Å²) in [5, 5.41) is 6.95. The minimum absolute atomic E-state index is 0.436. The Morgan fingerprint density at radius 3 is 2.81 bits per heavy atom. The van der Waals surface area contributed by atoms with Gasteiger partial charge in [-0.1, -0.05) is 36.4 Å². The van der Waals surface area contributed by atoms with E-state index in [1.807, 2.05) is 47.9 Å². The summed E-state index contributed by atoms with van der Waals surface area (Å²) >= 11 is 0. The zero-order chi connectivity index (χ0) is 21.4. The Hall–Kier alpha value is -3.87. The van der Waals surface area contributed by atoms with Gasteiger partial charge in [0.15, 0.2) is 5.82 Å². The molecule has 4 aromatic rings. The first-order valence-corrected chi connectivity index (χ1v) is 10.5. The first-order valence-electron chi connectivity index (χ1n) is 10.5. The average Bonchev–Trinajstić information content (AvgIpc) is 3.13. The molecule has 3 aromatic heterocycles.